The number of nitrogens with zero attached hydrogens (tertiary/aromatic N) is 4. The first kappa shape index (κ1) is 20.3. The van der Waals surface area contributed by atoms with Gasteiger partial charge in [0.15, 0.2) is 5.65 Å². The van der Waals surface area contributed by atoms with E-state index in [-0.39, 0.29) is 11.9 Å². The standard InChI is InChI=1S/C20H29N5O3S/c1-29(27,28)25-11-5-4-8-17(25)9-10-21-20(26)15-12-18-19(22-13-15)24(14-23-18)16-6-2-3-7-16/h12-14,16-17H,2-11H2,1H3,(H,21,26). The Kier molecular flexibility index (Phi) is 5.87. The third-order valence-corrected chi connectivity index (χ3v) is 7.49. The largest absolute Gasteiger partial charge is 0.352 e. The van der Waals surface area contributed by atoms with Gasteiger partial charge in [0.1, 0.15) is 5.52 Å². The van der Waals surface area contributed by atoms with Gasteiger partial charge in [0.2, 0.25) is 10.0 Å². The van der Waals surface area contributed by atoms with E-state index in [9.17, 15) is 13.2 Å². The predicted molar refractivity (Wildman–Crippen MR) is 111 cm³/mol. The summed E-state index contributed by atoms with van der Waals surface area (Å²) in [6.45, 7) is 1.01. The van der Waals surface area contributed by atoms with Gasteiger partial charge in [-0.05, 0) is 38.2 Å². The first-order valence-electron chi connectivity index (χ1n) is 10.5. The summed E-state index contributed by atoms with van der Waals surface area (Å²) in [6, 6.07) is 2.20. The van der Waals surface area contributed by atoms with Crippen LogP contribution in [0.1, 0.15) is 67.8 Å². The summed E-state index contributed by atoms with van der Waals surface area (Å²) in [7, 11) is -3.21. The number of hydrogen-bond donors (Lipinski definition) is 1. The van der Waals surface area contributed by atoms with E-state index in [1.54, 1.807) is 16.6 Å². The minimum absolute atomic E-state index is 0.0400. The summed E-state index contributed by atoms with van der Waals surface area (Å²) < 4.78 is 27.6. The Morgan fingerprint density at radius 1 is 1.17 bits per heavy atom. The summed E-state index contributed by atoms with van der Waals surface area (Å²) in [5.74, 6) is -0.198. The molecule has 158 valence electrons. The first-order chi connectivity index (χ1) is 13.9. The quantitative estimate of drug-likeness (QED) is 0.776. The summed E-state index contributed by atoms with van der Waals surface area (Å²) in [5, 5.41) is 2.91. The Morgan fingerprint density at radius 3 is 2.69 bits per heavy atom. The molecule has 1 amide bonds. The zero-order chi connectivity index (χ0) is 20.4. The van der Waals surface area contributed by atoms with Crippen LogP contribution in [-0.4, -0.2) is 58.6 Å². The molecule has 4 rings (SSSR count). The first-order valence-corrected chi connectivity index (χ1v) is 12.4. The molecule has 0 bridgehead atoms. The van der Waals surface area contributed by atoms with Crippen molar-refractivity contribution in [1.29, 1.82) is 0 Å². The molecule has 1 saturated carbocycles. The Hall–Kier alpha value is -2.00. The van der Waals surface area contributed by atoms with Gasteiger partial charge in [-0.1, -0.05) is 19.3 Å². The fourth-order valence-corrected chi connectivity index (χ4v) is 5.86. The molecule has 0 spiro atoms. The van der Waals surface area contributed by atoms with E-state index in [2.05, 4.69) is 19.9 Å². The van der Waals surface area contributed by atoms with Crippen LogP contribution in [0.15, 0.2) is 18.6 Å². The number of amides is 1. The summed E-state index contributed by atoms with van der Waals surface area (Å²) in [5.41, 5.74) is 2.05. The van der Waals surface area contributed by atoms with E-state index in [4.69, 9.17) is 0 Å². The Labute approximate surface area is 171 Å². The van der Waals surface area contributed by atoms with Crippen LogP contribution in [0.4, 0.5) is 0 Å². The smallest absolute Gasteiger partial charge is 0.252 e. The molecule has 1 aliphatic carbocycles. The Bertz CT molecular complexity index is 981. The maximum Gasteiger partial charge on any atom is 0.252 e. The van der Waals surface area contributed by atoms with Crippen molar-refractivity contribution in [2.24, 2.45) is 0 Å². The van der Waals surface area contributed by atoms with Crippen LogP contribution in [0.2, 0.25) is 0 Å². The summed E-state index contributed by atoms with van der Waals surface area (Å²) in [6.07, 6.45) is 12.9. The van der Waals surface area contributed by atoms with Crippen molar-refractivity contribution in [2.75, 3.05) is 19.3 Å². The number of rotatable bonds is 6. The number of imidazole rings is 1. The molecule has 2 aromatic rings. The second-order valence-electron chi connectivity index (χ2n) is 8.22. The van der Waals surface area contributed by atoms with E-state index in [0.29, 0.717) is 31.1 Å². The van der Waals surface area contributed by atoms with Gasteiger partial charge >= 0.3 is 0 Å². The van der Waals surface area contributed by atoms with Gasteiger partial charge in [0.05, 0.1) is 18.1 Å². The van der Waals surface area contributed by atoms with Crippen molar-refractivity contribution in [3.05, 3.63) is 24.2 Å². The van der Waals surface area contributed by atoms with Crippen LogP contribution in [-0.2, 0) is 10.0 Å². The lowest BCUT2D eigenvalue weighted by Crippen LogP contribution is -2.44. The molecule has 1 unspecified atom stereocenters. The lowest BCUT2D eigenvalue weighted by molar-refractivity contribution is 0.0949. The molecule has 0 radical (unpaired) electrons. The van der Waals surface area contributed by atoms with Crippen LogP contribution in [0.5, 0.6) is 0 Å². The maximum atomic E-state index is 12.6. The molecule has 1 N–H and O–H groups in total. The van der Waals surface area contributed by atoms with Gasteiger partial charge in [0, 0.05) is 31.4 Å². The van der Waals surface area contributed by atoms with Crippen molar-refractivity contribution in [2.45, 2.75) is 63.5 Å². The normalized spacial score (nSPS) is 21.6. The van der Waals surface area contributed by atoms with Crippen molar-refractivity contribution in [3.63, 3.8) is 0 Å². The van der Waals surface area contributed by atoms with E-state index in [1.807, 2.05) is 6.33 Å². The van der Waals surface area contributed by atoms with E-state index < -0.39 is 10.0 Å². The number of sulfonamides is 1. The molecule has 9 heteroatoms. The zero-order valence-corrected chi connectivity index (χ0v) is 17.7. The Morgan fingerprint density at radius 2 is 1.93 bits per heavy atom. The third kappa shape index (κ3) is 4.45. The maximum absolute atomic E-state index is 12.6. The van der Waals surface area contributed by atoms with Crippen molar-refractivity contribution < 1.29 is 13.2 Å². The van der Waals surface area contributed by atoms with E-state index in [1.165, 1.54) is 19.1 Å². The van der Waals surface area contributed by atoms with Gasteiger partial charge in [0.25, 0.3) is 5.91 Å². The number of fused-ring (bicyclic) bond motifs is 1. The molecule has 3 heterocycles. The second-order valence-corrected chi connectivity index (χ2v) is 10.2. The van der Waals surface area contributed by atoms with Crippen LogP contribution in [0, 0.1) is 0 Å². The minimum atomic E-state index is -3.21. The van der Waals surface area contributed by atoms with Gasteiger partial charge in [-0.15, -0.1) is 0 Å². The highest BCUT2D eigenvalue weighted by Gasteiger charge is 2.29. The van der Waals surface area contributed by atoms with E-state index in [0.717, 1.165) is 43.3 Å². The van der Waals surface area contributed by atoms with Crippen molar-refractivity contribution >= 4 is 27.1 Å². The monoisotopic (exact) mass is 419 g/mol. The number of piperidine rings is 1. The summed E-state index contributed by atoms with van der Waals surface area (Å²) in [4.78, 5) is 21.5. The molecule has 29 heavy (non-hydrogen) atoms. The molecule has 2 fully saturated rings. The molecule has 0 aromatic carbocycles. The highest BCUT2D eigenvalue weighted by atomic mass is 32.2. The molecular weight excluding hydrogens is 390 g/mol. The number of aromatic nitrogens is 3. The topological polar surface area (TPSA) is 97.2 Å². The van der Waals surface area contributed by atoms with Crippen LogP contribution < -0.4 is 5.32 Å². The number of pyridine rings is 1. The molecule has 2 aliphatic rings. The zero-order valence-electron chi connectivity index (χ0n) is 16.9. The minimum Gasteiger partial charge on any atom is -0.352 e. The summed E-state index contributed by atoms with van der Waals surface area (Å²) >= 11 is 0. The van der Waals surface area contributed by atoms with E-state index >= 15 is 0 Å². The van der Waals surface area contributed by atoms with Crippen LogP contribution >= 0.6 is 0 Å². The Balaban J connectivity index is 1.37. The average Bonchev–Trinajstić information content (AvgIpc) is 3.36. The lowest BCUT2D eigenvalue weighted by Gasteiger charge is -2.33. The molecule has 8 nitrogen and oxygen atoms in total. The van der Waals surface area contributed by atoms with Gasteiger partial charge < -0.3 is 9.88 Å². The molecule has 1 atom stereocenters. The van der Waals surface area contributed by atoms with Crippen LogP contribution in [0.3, 0.4) is 0 Å². The van der Waals surface area contributed by atoms with Gasteiger partial charge in [-0.3, -0.25) is 4.79 Å². The SMILES string of the molecule is CS(=O)(=O)N1CCCCC1CCNC(=O)c1cnc2c(c1)ncn2C1CCCC1. The van der Waals surface area contributed by atoms with Crippen molar-refractivity contribution in [1.82, 2.24) is 24.2 Å². The van der Waals surface area contributed by atoms with Crippen LogP contribution in [0.25, 0.3) is 11.2 Å². The number of carbonyl (C=O) groups is 1. The van der Waals surface area contributed by atoms with Crippen molar-refractivity contribution in [3.8, 4) is 0 Å². The molecule has 1 aliphatic heterocycles. The lowest BCUT2D eigenvalue weighted by atomic mass is 10.0. The van der Waals surface area contributed by atoms with Gasteiger partial charge in [-0.2, -0.15) is 4.31 Å². The fourth-order valence-electron chi connectivity index (χ4n) is 4.65. The molecule has 2 aromatic heterocycles. The highest BCUT2D eigenvalue weighted by Crippen LogP contribution is 2.31. The number of hydrogen-bond acceptors (Lipinski definition) is 5. The van der Waals surface area contributed by atoms with Gasteiger partial charge in [-0.25, -0.2) is 18.4 Å². The predicted octanol–water partition coefficient (Wildman–Crippen LogP) is 2.48. The number of carbonyl (C=O) groups excluding carboxylic acids is 1. The molecular formula is C20H29N5O3S. The second kappa shape index (κ2) is 8.39. The third-order valence-electron chi connectivity index (χ3n) is 6.16. The fraction of sp³-hybridized carbons (Fsp3) is 0.650. The average molecular weight is 420 g/mol. The number of nitrogens with one attached hydrogen (secondary N) is 1. The molecule has 1 saturated heterocycles. The highest BCUT2D eigenvalue weighted by molar-refractivity contribution is 7.88.